The third kappa shape index (κ3) is 6.65. The first-order chi connectivity index (χ1) is 10.0. The molecule has 0 heterocycles. The summed E-state index contributed by atoms with van der Waals surface area (Å²) in [5, 5.41) is 0.429. The van der Waals surface area contributed by atoms with Crippen molar-refractivity contribution in [2.45, 2.75) is 26.2 Å². The first kappa shape index (κ1) is 17.5. The number of unbranched alkanes of at least 4 members (excludes halogenated alkanes) is 2. The number of benzene rings is 1. The summed E-state index contributed by atoms with van der Waals surface area (Å²) in [5.74, 6) is -1.28. The smallest absolute Gasteiger partial charge is 0.336 e. The van der Waals surface area contributed by atoms with Crippen LogP contribution < -0.4 is 4.74 Å². The molecule has 0 N–H and O–H groups in total. The van der Waals surface area contributed by atoms with E-state index in [-0.39, 0.29) is 15.8 Å². The Bertz CT molecular complexity index is 506. The molecule has 0 aliphatic rings. The van der Waals surface area contributed by atoms with E-state index in [1.165, 1.54) is 0 Å². The van der Waals surface area contributed by atoms with Crippen LogP contribution >= 0.6 is 23.2 Å². The van der Waals surface area contributed by atoms with Crippen LogP contribution in [-0.2, 0) is 14.3 Å². The molecule has 1 aromatic rings. The number of carbonyl (C=O) groups excluding carboxylic acids is 2. The largest absolute Gasteiger partial charge is 0.463 e. The Morgan fingerprint density at radius 1 is 1.10 bits per heavy atom. The van der Waals surface area contributed by atoms with E-state index in [4.69, 9.17) is 32.7 Å². The second-order valence-corrected chi connectivity index (χ2v) is 4.99. The van der Waals surface area contributed by atoms with Gasteiger partial charge in [0.2, 0.25) is 0 Å². The lowest BCUT2D eigenvalue weighted by atomic mass is 10.3. The van der Waals surface area contributed by atoms with Gasteiger partial charge in [0.25, 0.3) is 0 Å². The van der Waals surface area contributed by atoms with Crippen molar-refractivity contribution in [3.63, 3.8) is 0 Å². The first-order valence-electron chi connectivity index (χ1n) is 6.55. The Morgan fingerprint density at radius 2 is 1.71 bits per heavy atom. The van der Waals surface area contributed by atoms with Crippen LogP contribution in [0.1, 0.15) is 26.2 Å². The molecule has 0 radical (unpaired) electrons. The molecule has 0 atom stereocenters. The van der Waals surface area contributed by atoms with Crippen molar-refractivity contribution in [2.75, 3.05) is 6.61 Å². The summed E-state index contributed by atoms with van der Waals surface area (Å²) >= 11 is 11.7. The number of halogens is 2. The van der Waals surface area contributed by atoms with Gasteiger partial charge in [0.15, 0.2) is 5.75 Å². The van der Waals surface area contributed by atoms with Gasteiger partial charge in [-0.1, -0.05) is 49.0 Å². The van der Waals surface area contributed by atoms with Crippen molar-refractivity contribution < 1.29 is 19.1 Å². The Labute approximate surface area is 133 Å². The van der Waals surface area contributed by atoms with Crippen molar-refractivity contribution in [3.05, 3.63) is 40.4 Å². The molecule has 1 rings (SSSR count). The zero-order valence-electron chi connectivity index (χ0n) is 11.6. The number of rotatable bonds is 7. The fourth-order valence-electron chi connectivity index (χ4n) is 1.42. The van der Waals surface area contributed by atoms with E-state index >= 15 is 0 Å². The highest BCUT2D eigenvalue weighted by molar-refractivity contribution is 6.37. The third-order valence-corrected chi connectivity index (χ3v) is 3.06. The average Bonchev–Trinajstić information content (AvgIpc) is 2.45. The fraction of sp³-hybridized carbons (Fsp3) is 0.333. The van der Waals surface area contributed by atoms with Gasteiger partial charge < -0.3 is 9.47 Å². The van der Waals surface area contributed by atoms with Gasteiger partial charge >= 0.3 is 11.9 Å². The average molecular weight is 331 g/mol. The highest BCUT2D eigenvalue weighted by Gasteiger charge is 2.10. The maximum Gasteiger partial charge on any atom is 0.336 e. The zero-order chi connectivity index (χ0) is 15.7. The van der Waals surface area contributed by atoms with Crippen LogP contribution in [-0.4, -0.2) is 18.5 Å². The number of carbonyl (C=O) groups is 2. The fourth-order valence-corrected chi connectivity index (χ4v) is 1.90. The summed E-state index contributed by atoms with van der Waals surface area (Å²) in [6.45, 7) is 2.39. The molecule has 0 aromatic heterocycles. The van der Waals surface area contributed by atoms with Crippen molar-refractivity contribution >= 4 is 35.1 Å². The molecular formula is C15H16Cl2O4. The predicted octanol–water partition coefficient (Wildman–Crippen LogP) is 4.19. The summed E-state index contributed by atoms with van der Waals surface area (Å²) in [4.78, 5) is 22.9. The van der Waals surface area contributed by atoms with E-state index < -0.39 is 11.9 Å². The molecule has 0 fully saturated rings. The third-order valence-electron chi connectivity index (χ3n) is 2.47. The molecule has 6 heteroatoms. The molecule has 21 heavy (non-hydrogen) atoms. The van der Waals surface area contributed by atoms with Gasteiger partial charge in [-0.25, -0.2) is 9.59 Å². The molecule has 0 amide bonds. The number of hydrogen-bond acceptors (Lipinski definition) is 4. The molecular weight excluding hydrogens is 315 g/mol. The molecule has 1 aromatic carbocycles. The van der Waals surface area contributed by atoms with Crippen molar-refractivity contribution in [3.8, 4) is 5.75 Å². The Balaban J connectivity index is 2.46. The van der Waals surface area contributed by atoms with Crippen LogP contribution in [0.4, 0.5) is 0 Å². The minimum atomic E-state index is -0.754. The van der Waals surface area contributed by atoms with Crippen molar-refractivity contribution in [2.24, 2.45) is 0 Å². The molecule has 4 nitrogen and oxygen atoms in total. The lowest BCUT2D eigenvalue weighted by Crippen LogP contribution is -2.07. The molecule has 0 saturated heterocycles. The van der Waals surface area contributed by atoms with Gasteiger partial charge in [0.1, 0.15) is 0 Å². The first-order valence-corrected chi connectivity index (χ1v) is 7.30. The minimum Gasteiger partial charge on any atom is -0.463 e. The molecule has 0 aliphatic heterocycles. The van der Waals surface area contributed by atoms with E-state index in [1.54, 1.807) is 18.2 Å². The summed E-state index contributed by atoms with van der Waals surface area (Å²) in [7, 11) is 0. The lowest BCUT2D eigenvalue weighted by Gasteiger charge is -2.05. The minimum absolute atomic E-state index is 0.0618. The molecule has 0 aliphatic carbocycles. The SMILES string of the molecule is CCCCCOC(=O)/C=C/C(=O)Oc1c(Cl)cccc1Cl. The van der Waals surface area contributed by atoms with E-state index in [0.717, 1.165) is 31.4 Å². The van der Waals surface area contributed by atoms with Gasteiger partial charge in [0.05, 0.1) is 16.7 Å². The second kappa shape index (κ2) is 9.42. The van der Waals surface area contributed by atoms with Gasteiger partial charge in [-0.3, -0.25) is 0 Å². The standard InChI is InChI=1S/C15H16Cl2O4/c1-2-3-4-10-20-13(18)8-9-14(19)21-15-11(16)6-5-7-12(15)17/h5-9H,2-4,10H2,1H3/b9-8+. The lowest BCUT2D eigenvalue weighted by molar-refractivity contribution is -0.138. The summed E-state index contributed by atoms with van der Waals surface area (Å²) < 4.78 is 9.88. The van der Waals surface area contributed by atoms with Crippen LogP contribution in [0.5, 0.6) is 5.75 Å². The highest BCUT2D eigenvalue weighted by Crippen LogP contribution is 2.32. The van der Waals surface area contributed by atoms with Crippen LogP contribution in [0.25, 0.3) is 0 Å². The molecule has 114 valence electrons. The van der Waals surface area contributed by atoms with Crippen LogP contribution in [0.15, 0.2) is 30.4 Å². The normalized spacial score (nSPS) is 10.6. The Hall–Kier alpha value is -1.52. The van der Waals surface area contributed by atoms with E-state index in [9.17, 15) is 9.59 Å². The number of esters is 2. The quantitative estimate of drug-likeness (QED) is 0.325. The van der Waals surface area contributed by atoms with Gasteiger partial charge in [-0.2, -0.15) is 0 Å². The van der Waals surface area contributed by atoms with Crippen LogP contribution in [0.2, 0.25) is 10.0 Å². The van der Waals surface area contributed by atoms with Crippen LogP contribution in [0, 0.1) is 0 Å². The number of hydrogen-bond donors (Lipinski definition) is 0. The summed E-state index contributed by atoms with van der Waals surface area (Å²) in [5.41, 5.74) is 0. The number of para-hydroxylation sites is 1. The molecule has 0 saturated carbocycles. The molecule has 0 spiro atoms. The van der Waals surface area contributed by atoms with Crippen LogP contribution in [0.3, 0.4) is 0 Å². The monoisotopic (exact) mass is 330 g/mol. The van der Waals surface area contributed by atoms with Gasteiger partial charge in [-0.15, -0.1) is 0 Å². The highest BCUT2D eigenvalue weighted by atomic mass is 35.5. The maximum atomic E-state index is 11.6. The maximum absolute atomic E-state index is 11.6. The van der Waals surface area contributed by atoms with E-state index in [0.29, 0.717) is 6.61 Å². The predicted molar refractivity (Wildman–Crippen MR) is 81.7 cm³/mol. The number of ether oxygens (including phenoxy) is 2. The molecule has 0 unspecified atom stereocenters. The van der Waals surface area contributed by atoms with E-state index in [1.807, 2.05) is 0 Å². The Kier molecular flexibility index (Phi) is 7.87. The molecule has 0 bridgehead atoms. The topological polar surface area (TPSA) is 52.6 Å². The van der Waals surface area contributed by atoms with Crippen molar-refractivity contribution in [1.82, 2.24) is 0 Å². The van der Waals surface area contributed by atoms with E-state index in [2.05, 4.69) is 6.92 Å². The summed E-state index contributed by atoms with van der Waals surface area (Å²) in [6.07, 6.45) is 4.82. The van der Waals surface area contributed by atoms with Crippen molar-refractivity contribution in [1.29, 1.82) is 0 Å². The summed E-state index contributed by atoms with van der Waals surface area (Å²) in [6, 6.07) is 4.72. The Morgan fingerprint density at radius 3 is 2.33 bits per heavy atom. The second-order valence-electron chi connectivity index (χ2n) is 4.18. The van der Waals surface area contributed by atoms with Gasteiger partial charge in [0, 0.05) is 12.2 Å². The van der Waals surface area contributed by atoms with Gasteiger partial charge in [-0.05, 0) is 18.6 Å². The zero-order valence-corrected chi connectivity index (χ0v) is 13.1.